The molecule has 0 aliphatic heterocycles. The molecular formula is C30H18N2O5. The highest BCUT2D eigenvalue weighted by atomic mass is 16.5. The van der Waals surface area contributed by atoms with E-state index in [1.165, 1.54) is 4.57 Å². The van der Waals surface area contributed by atoms with E-state index in [0.717, 1.165) is 0 Å². The Kier molecular flexibility index (Phi) is 5.43. The number of esters is 1. The third-order valence-corrected chi connectivity index (χ3v) is 5.99. The predicted molar refractivity (Wildman–Crippen MR) is 139 cm³/mol. The molecular weight excluding hydrogens is 468 g/mol. The summed E-state index contributed by atoms with van der Waals surface area (Å²) >= 11 is 0. The van der Waals surface area contributed by atoms with Crippen LogP contribution in [0.1, 0.15) is 20.7 Å². The Bertz CT molecular complexity index is 1850. The average Bonchev–Trinajstić information content (AvgIpc) is 3.27. The van der Waals surface area contributed by atoms with Crippen LogP contribution in [-0.4, -0.2) is 21.4 Å². The molecule has 0 saturated heterocycles. The summed E-state index contributed by atoms with van der Waals surface area (Å²) in [5.74, 6) is -1.09. The van der Waals surface area contributed by atoms with Gasteiger partial charge < -0.3 is 9.15 Å². The van der Waals surface area contributed by atoms with Crippen molar-refractivity contribution < 1.29 is 18.7 Å². The molecule has 0 radical (unpaired) electrons. The van der Waals surface area contributed by atoms with Crippen LogP contribution in [0.2, 0.25) is 0 Å². The molecule has 178 valence electrons. The van der Waals surface area contributed by atoms with Crippen molar-refractivity contribution in [1.82, 2.24) is 9.55 Å². The Morgan fingerprint density at radius 1 is 0.703 bits per heavy atom. The first-order chi connectivity index (χ1) is 18.1. The van der Waals surface area contributed by atoms with Gasteiger partial charge in [-0.1, -0.05) is 60.7 Å². The topological polar surface area (TPSA) is 91.4 Å². The lowest BCUT2D eigenvalue weighted by Crippen LogP contribution is -2.15. The van der Waals surface area contributed by atoms with Crippen molar-refractivity contribution in [1.29, 1.82) is 0 Å². The van der Waals surface area contributed by atoms with Crippen molar-refractivity contribution in [2.45, 2.75) is 0 Å². The molecule has 6 aromatic rings. The van der Waals surface area contributed by atoms with Crippen LogP contribution in [0.15, 0.2) is 118 Å². The molecule has 0 aliphatic carbocycles. The molecule has 0 unspecified atom stereocenters. The normalized spacial score (nSPS) is 11.0. The maximum Gasteiger partial charge on any atom is 0.347 e. The number of rotatable bonds is 4. The number of carbonyl (C=O) groups is 2. The lowest BCUT2D eigenvalue weighted by Gasteiger charge is -2.10. The number of hydrogen-bond donors (Lipinski definition) is 0. The first-order valence-electron chi connectivity index (χ1n) is 11.5. The fourth-order valence-electron chi connectivity index (χ4n) is 4.27. The Morgan fingerprint density at radius 2 is 1.30 bits per heavy atom. The number of aromatic nitrogens is 2. The van der Waals surface area contributed by atoms with Crippen LogP contribution in [0, 0.1) is 0 Å². The van der Waals surface area contributed by atoms with Gasteiger partial charge in [0.15, 0.2) is 11.4 Å². The SMILES string of the molecule is O=C(Oc1c(-c2nc3ccccc3c(=O)o2)n(C(=O)c2ccccc2)c2ccccc12)c1ccccc1. The molecule has 0 saturated carbocycles. The Morgan fingerprint density at radius 3 is 2.03 bits per heavy atom. The molecule has 6 rings (SSSR count). The minimum Gasteiger partial charge on any atom is -0.420 e. The van der Waals surface area contributed by atoms with E-state index in [4.69, 9.17) is 9.15 Å². The van der Waals surface area contributed by atoms with Crippen LogP contribution in [0.3, 0.4) is 0 Å². The molecule has 2 heterocycles. The smallest absolute Gasteiger partial charge is 0.347 e. The van der Waals surface area contributed by atoms with Crippen LogP contribution in [-0.2, 0) is 0 Å². The molecule has 2 aromatic heterocycles. The second-order valence-electron chi connectivity index (χ2n) is 8.28. The van der Waals surface area contributed by atoms with Crippen LogP contribution >= 0.6 is 0 Å². The molecule has 7 heteroatoms. The van der Waals surface area contributed by atoms with Crippen LogP contribution in [0.4, 0.5) is 0 Å². The molecule has 37 heavy (non-hydrogen) atoms. The van der Waals surface area contributed by atoms with Gasteiger partial charge in [-0.3, -0.25) is 9.36 Å². The predicted octanol–water partition coefficient (Wildman–Crippen LogP) is 5.72. The monoisotopic (exact) mass is 486 g/mol. The van der Waals surface area contributed by atoms with Crippen LogP contribution < -0.4 is 10.4 Å². The van der Waals surface area contributed by atoms with Gasteiger partial charge in [0, 0.05) is 10.9 Å². The molecule has 4 aromatic carbocycles. The third-order valence-electron chi connectivity index (χ3n) is 5.99. The zero-order chi connectivity index (χ0) is 25.4. The van der Waals surface area contributed by atoms with Crippen molar-refractivity contribution >= 4 is 33.7 Å². The number of benzene rings is 4. The van der Waals surface area contributed by atoms with Crippen molar-refractivity contribution in [3.05, 3.63) is 131 Å². The van der Waals surface area contributed by atoms with E-state index in [0.29, 0.717) is 32.9 Å². The standard InChI is InChI=1S/C30H18N2O5/c33-28(19-11-3-1-4-12-19)32-24-18-10-8-16-22(24)26(36-29(34)20-13-5-2-6-14-20)25(32)27-31-23-17-9-7-15-21(23)30(35)37-27/h1-18H. The molecule has 0 aliphatic rings. The maximum atomic E-state index is 13.8. The van der Waals surface area contributed by atoms with Gasteiger partial charge in [0.2, 0.25) is 0 Å². The van der Waals surface area contributed by atoms with E-state index >= 15 is 0 Å². The zero-order valence-corrected chi connectivity index (χ0v) is 19.3. The zero-order valence-electron chi connectivity index (χ0n) is 19.3. The fraction of sp³-hybridized carbons (Fsp3) is 0. The van der Waals surface area contributed by atoms with Gasteiger partial charge in [0.25, 0.3) is 11.8 Å². The summed E-state index contributed by atoms with van der Waals surface area (Å²) in [7, 11) is 0. The highest BCUT2D eigenvalue weighted by Crippen LogP contribution is 2.40. The molecule has 0 fully saturated rings. The van der Waals surface area contributed by atoms with Crippen LogP contribution in [0.25, 0.3) is 33.4 Å². The van der Waals surface area contributed by atoms with Gasteiger partial charge in [0.1, 0.15) is 0 Å². The van der Waals surface area contributed by atoms with Gasteiger partial charge in [-0.05, 0) is 48.5 Å². The van der Waals surface area contributed by atoms with Gasteiger partial charge in [0.05, 0.1) is 22.0 Å². The van der Waals surface area contributed by atoms with Crippen molar-refractivity contribution in [2.24, 2.45) is 0 Å². The Balaban J connectivity index is 1.66. The number of para-hydroxylation sites is 2. The minimum absolute atomic E-state index is 0.0691. The summed E-state index contributed by atoms with van der Waals surface area (Å²) in [5, 5.41) is 0.787. The number of fused-ring (bicyclic) bond motifs is 2. The fourth-order valence-corrected chi connectivity index (χ4v) is 4.27. The van der Waals surface area contributed by atoms with E-state index in [1.54, 1.807) is 103 Å². The lowest BCUT2D eigenvalue weighted by molar-refractivity contribution is 0.0736. The van der Waals surface area contributed by atoms with Crippen molar-refractivity contribution in [3.8, 4) is 17.3 Å². The van der Waals surface area contributed by atoms with Crippen LogP contribution in [0.5, 0.6) is 5.75 Å². The summed E-state index contributed by atoms with van der Waals surface area (Å²) in [4.78, 5) is 44.4. The Hall–Kier alpha value is -5.30. The van der Waals surface area contributed by atoms with E-state index < -0.39 is 17.5 Å². The molecule has 7 nitrogen and oxygen atoms in total. The number of hydrogen-bond acceptors (Lipinski definition) is 6. The highest BCUT2D eigenvalue weighted by Gasteiger charge is 2.29. The quantitative estimate of drug-likeness (QED) is 0.296. The summed E-state index contributed by atoms with van der Waals surface area (Å²) in [6, 6.07) is 30.9. The number of nitrogens with zero attached hydrogens (tertiary/aromatic N) is 2. The highest BCUT2D eigenvalue weighted by molar-refractivity contribution is 6.09. The summed E-state index contributed by atoms with van der Waals surface area (Å²) in [6.45, 7) is 0. The van der Waals surface area contributed by atoms with Gasteiger partial charge in [-0.15, -0.1) is 0 Å². The van der Waals surface area contributed by atoms with Gasteiger partial charge >= 0.3 is 11.6 Å². The lowest BCUT2D eigenvalue weighted by atomic mass is 10.2. The third kappa shape index (κ3) is 3.88. The first-order valence-corrected chi connectivity index (χ1v) is 11.5. The van der Waals surface area contributed by atoms with Gasteiger partial charge in [-0.2, -0.15) is 0 Å². The van der Waals surface area contributed by atoms with E-state index in [1.807, 2.05) is 6.07 Å². The van der Waals surface area contributed by atoms with Gasteiger partial charge in [-0.25, -0.2) is 14.6 Å². The van der Waals surface area contributed by atoms with E-state index in [9.17, 15) is 14.4 Å². The molecule has 0 atom stereocenters. The summed E-state index contributed by atoms with van der Waals surface area (Å²) < 4.78 is 12.9. The van der Waals surface area contributed by atoms with Crippen molar-refractivity contribution in [2.75, 3.05) is 0 Å². The Labute approximate surface area is 210 Å². The van der Waals surface area contributed by atoms with E-state index in [-0.39, 0.29) is 17.3 Å². The summed E-state index contributed by atoms with van der Waals surface area (Å²) in [6.07, 6.45) is 0. The second kappa shape index (κ2) is 9.05. The molecule has 0 spiro atoms. The van der Waals surface area contributed by atoms with E-state index in [2.05, 4.69) is 4.98 Å². The molecule has 0 amide bonds. The average molecular weight is 486 g/mol. The first kappa shape index (κ1) is 22.2. The number of carbonyl (C=O) groups excluding carboxylic acids is 2. The maximum absolute atomic E-state index is 13.8. The minimum atomic E-state index is -0.625. The largest absolute Gasteiger partial charge is 0.420 e. The number of ether oxygens (including phenoxy) is 1. The second-order valence-corrected chi connectivity index (χ2v) is 8.28. The summed E-state index contributed by atoms with van der Waals surface area (Å²) in [5.41, 5.74) is 1.03. The van der Waals surface area contributed by atoms with Crippen molar-refractivity contribution in [3.63, 3.8) is 0 Å². The molecule has 0 bridgehead atoms. The molecule has 0 N–H and O–H groups in total.